The maximum Gasteiger partial charge on any atom is 0.126 e. The third-order valence-corrected chi connectivity index (χ3v) is 3.39. The van der Waals surface area contributed by atoms with Crippen LogP contribution in [-0.2, 0) is 0 Å². The molecule has 0 amide bonds. The van der Waals surface area contributed by atoms with Crippen molar-refractivity contribution >= 4 is 0 Å². The summed E-state index contributed by atoms with van der Waals surface area (Å²) >= 11 is 0. The van der Waals surface area contributed by atoms with Crippen LogP contribution >= 0.6 is 0 Å². The van der Waals surface area contributed by atoms with Crippen molar-refractivity contribution < 1.29 is 4.39 Å². The van der Waals surface area contributed by atoms with Crippen molar-refractivity contribution in [1.82, 2.24) is 5.32 Å². The summed E-state index contributed by atoms with van der Waals surface area (Å²) < 4.78 is 13.5. The van der Waals surface area contributed by atoms with Gasteiger partial charge in [-0.3, -0.25) is 0 Å². The van der Waals surface area contributed by atoms with Crippen LogP contribution in [0.25, 0.3) is 0 Å². The minimum absolute atomic E-state index is 0.108. The highest BCUT2D eigenvalue weighted by molar-refractivity contribution is 5.26. The molecule has 0 saturated carbocycles. The Balaban J connectivity index is 2.98. The lowest BCUT2D eigenvalue weighted by molar-refractivity contribution is 0.358. The standard InChI is InChI=1S/C14H22FN/c1-5-11(6-2)14(16-4)12-8-7-10(3)13(15)9-12/h7-9,11,14,16H,5-6H2,1-4H3. The van der Waals surface area contributed by atoms with Crippen LogP contribution in [0.2, 0.25) is 0 Å². The van der Waals surface area contributed by atoms with Gasteiger partial charge in [-0.1, -0.05) is 38.8 Å². The van der Waals surface area contributed by atoms with Gasteiger partial charge in [-0.2, -0.15) is 0 Å². The van der Waals surface area contributed by atoms with Crippen LogP contribution in [0.15, 0.2) is 18.2 Å². The molecule has 1 unspecified atom stereocenters. The minimum atomic E-state index is -0.108. The van der Waals surface area contributed by atoms with E-state index in [-0.39, 0.29) is 11.9 Å². The summed E-state index contributed by atoms with van der Waals surface area (Å²) in [6, 6.07) is 5.80. The summed E-state index contributed by atoms with van der Waals surface area (Å²) in [5.41, 5.74) is 1.77. The highest BCUT2D eigenvalue weighted by Crippen LogP contribution is 2.27. The first kappa shape index (κ1) is 13.2. The van der Waals surface area contributed by atoms with Gasteiger partial charge < -0.3 is 5.32 Å². The van der Waals surface area contributed by atoms with Gasteiger partial charge in [-0.05, 0) is 37.1 Å². The van der Waals surface area contributed by atoms with Crippen LogP contribution in [0.5, 0.6) is 0 Å². The Kier molecular flexibility index (Phi) is 4.94. The molecular weight excluding hydrogens is 201 g/mol. The molecule has 1 nitrogen and oxygen atoms in total. The summed E-state index contributed by atoms with van der Waals surface area (Å²) in [6.45, 7) is 6.16. The summed E-state index contributed by atoms with van der Waals surface area (Å²) in [6.07, 6.45) is 2.22. The molecule has 0 aliphatic carbocycles. The maximum atomic E-state index is 13.5. The fourth-order valence-corrected chi connectivity index (χ4v) is 2.24. The van der Waals surface area contributed by atoms with Crippen LogP contribution in [0, 0.1) is 18.7 Å². The first-order valence-electron chi connectivity index (χ1n) is 6.07. The van der Waals surface area contributed by atoms with Crippen LogP contribution in [0.4, 0.5) is 4.39 Å². The molecule has 1 aromatic rings. The normalized spacial score (nSPS) is 13.1. The predicted molar refractivity (Wildman–Crippen MR) is 67.0 cm³/mol. The number of hydrogen-bond acceptors (Lipinski definition) is 1. The number of nitrogens with one attached hydrogen (secondary N) is 1. The molecule has 0 spiro atoms. The summed E-state index contributed by atoms with van der Waals surface area (Å²) in [5.74, 6) is 0.454. The molecule has 1 atom stereocenters. The van der Waals surface area contributed by atoms with Crippen molar-refractivity contribution in [3.8, 4) is 0 Å². The van der Waals surface area contributed by atoms with Crippen molar-refractivity contribution in [3.05, 3.63) is 35.1 Å². The fourth-order valence-electron chi connectivity index (χ4n) is 2.24. The Labute approximate surface area is 98.1 Å². The van der Waals surface area contributed by atoms with E-state index in [1.807, 2.05) is 19.2 Å². The molecule has 1 N–H and O–H groups in total. The van der Waals surface area contributed by atoms with Gasteiger partial charge in [0.05, 0.1) is 0 Å². The molecule has 0 aromatic heterocycles. The Morgan fingerprint density at radius 1 is 1.25 bits per heavy atom. The van der Waals surface area contributed by atoms with Crippen LogP contribution in [0.3, 0.4) is 0 Å². The Morgan fingerprint density at radius 3 is 2.31 bits per heavy atom. The van der Waals surface area contributed by atoms with Crippen LogP contribution < -0.4 is 5.32 Å². The Bertz CT molecular complexity index is 332. The first-order valence-corrected chi connectivity index (χ1v) is 6.07. The minimum Gasteiger partial charge on any atom is -0.313 e. The van der Waals surface area contributed by atoms with Gasteiger partial charge in [0.2, 0.25) is 0 Å². The molecule has 0 aliphatic rings. The summed E-state index contributed by atoms with van der Waals surface area (Å²) in [7, 11) is 1.95. The molecule has 1 aromatic carbocycles. The lowest BCUT2D eigenvalue weighted by Crippen LogP contribution is -2.24. The quantitative estimate of drug-likeness (QED) is 0.800. The SMILES string of the molecule is CCC(CC)C(NC)c1ccc(C)c(F)c1. The van der Waals surface area contributed by atoms with Gasteiger partial charge in [0.1, 0.15) is 5.82 Å². The number of hydrogen-bond donors (Lipinski definition) is 1. The van der Waals surface area contributed by atoms with E-state index in [2.05, 4.69) is 19.2 Å². The number of aryl methyl sites for hydroxylation is 1. The lowest BCUT2D eigenvalue weighted by Gasteiger charge is -2.25. The molecule has 1 rings (SSSR count). The smallest absolute Gasteiger partial charge is 0.126 e. The molecule has 0 saturated heterocycles. The van der Waals surface area contributed by atoms with Gasteiger partial charge in [-0.25, -0.2) is 4.39 Å². The average molecular weight is 223 g/mol. The largest absolute Gasteiger partial charge is 0.313 e. The van der Waals surface area contributed by atoms with Gasteiger partial charge in [0.25, 0.3) is 0 Å². The Hall–Kier alpha value is -0.890. The number of benzene rings is 1. The molecule has 0 fully saturated rings. The molecule has 16 heavy (non-hydrogen) atoms. The van der Waals surface area contributed by atoms with E-state index >= 15 is 0 Å². The molecule has 90 valence electrons. The second-order valence-electron chi connectivity index (χ2n) is 4.35. The highest BCUT2D eigenvalue weighted by atomic mass is 19.1. The van der Waals surface area contributed by atoms with E-state index in [0.717, 1.165) is 18.4 Å². The second-order valence-corrected chi connectivity index (χ2v) is 4.35. The van der Waals surface area contributed by atoms with Gasteiger partial charge >= 0.3 is 0 Å². The van der Waals surface area contributed by atoms with Crippen molar-refractivity contribution in [2.24, 2.45) is 5.92 Å². The maximum absolute atomic E-state index is 13.5. The first-order chi connectivity index (χ1) is 7.63. The van der Waals surface area contributed by atoms with Crippen molar-refractivity contribution in [1.29, 1.82) is 0 Å². The second kappa shape index (κ2) is 6.00. The van der Waals surface area contributed by atoms with Crippen molar-refractivity contribution in [3.63, 3.8) is 0 Å². The van der Waals surface area contributed by atoms with Crippen molar-refractivity contribution in [2.75, 3.05) is 7.05 Å². The van der Waals surface area contributed by atoms with E-state index in [1.54, 1.807) is 13.0 Å². The van der Waals surface area contributed by atoms with E-state index in [1.165, 1.54) is 0 Å². The summed E-state index contributed by atoms with van der Waals surface area (Å²) in [4.78, 5) is 0. The third-order valence-electron chi connectivity index (χ3n) is 3.39. The Morgan fingerprint density at radius 2 is 1.88 bits per heavy atom. The number of rotatable bonds is 5. The lowest BCUT2D eigenvalue weighted by atomic mass is 9.88. The number of halogens is 1. The van der Waals surface area contributed by atoms with E-state index in [0.29, 0.717) is 11.5 Å². The van der Waals surface area contributed by atoms with E-state index < -0.39 is 0 Å². The summed E-state index contributed by atoms with van der Waals surface area (Å²) in [5, 5.41) is 3.30. The molecule has 2 heteroatoms. The van der Waals surface area contributed by atoms with Gasteiger partial charge in [0, 0.05) is 6.04 Å². The zero-order valence-electron chi connectivity index (χ0n) is 10.7. The van der Waals surface area contributed by atoms with Crippen molar-refractivity contribution in [2.45, 2.75) is 39.7 Å². The van der Waals surface area contributed by atoms with Gasteiger partial charge in [-0.15, -0.1) is 0 Å². The predicted octanol–water partition coefficient (Wildman–Crippen LogP) is 3.83. The monoisotopic (exact) mass is 223 g/mol. The molecule has 0 bridgehead atoms. The zero-order valence-corrected chi connectivity index (χ0v) is 10.7. The zero-order chi connectivity index (χ0) is 12.1. The topological polar surface area (TPSA) is 12.0 Å². The van der Waals surface area contributed by atoms with E-state index in [9.17, 15) is 4.39 Å². The molecule has 0 radical (unpaired) electrons. The van der Waals surface area contributed by atoms with Gasteiger partial charge in [0.15, 0.2) is 0 Å². The highest BCUT2D eigenvalue weighted by Gasteiger charge is 2.19. The van der Waals surface area contributed by atoms with Crippen LogP contribution in [-0.4, -0.2) is 7.05 Å². The fraction of sp³-hybridized carbons (Fsp3) is 0.571. The molecular formula is C14H22FN. The van der Waals surface area contributed by atoms with Crippen LogP contribution in [0.1, 0.15) is 43.9 Å². The third kappa shape index (κ3) is 2.82. The molecule has 0 heterocycles. The molecule has 0 aliphatic heterocycles. The van der Waals surface area contributed by atoms with E-state index in [4.69, 9.17) is 0 Å². The average Bonchev–Trinajstić information content (AvgIpc) is 2.29.